The Hall–Kier alpha value is -0.630. The van der Waals surface area contributed by atoms with Gasteiger partial charge in [0.15, 0.2) is 5.78 Å². The molecule has 0 aromatic rings. The van der Waals surface area contributed by atoms with Crippen LogP contribution in [0.25, 0.3) is 0 Å². The van der Waals surface area contributed by atoms with Crippen LogP contribution < -0.4 is 5.32 Å². The summed E-state index contributed by atoms with van der Waals surface area (Å²) in [5.74, 6) is 0.721. The average molecular weight is 209 g/mol. The predicted octanol–water partition coefficient (Wildman–Crippen LogP) is 2.54. The van der Waals surface area contributed by atoms with Crippen LogP contribution in [-0.4, -0.2) is 16.9 Å². The van der Waals surface area contributed by atoms with E-state index in [1.165, 1.54) is 0 Å². The van der Waals surface area contributed by atoms with Gasteiger partial charge in [-0.1, -0.05) is 19.9 Å². The van der Waals surface area contributed by atoms with Crippen LogP contribution in [0.4, 0.5) is 0 Å². The van der Waals surface area contributed by atoms with Crippen molar-refractivity contribution in [3.05, 3.63) is 12.7 Å². The smallest absolute Gasteiger partial charge is 0.156 e. The van der Waals surface area contributed by atoms with Crippen molar-refractivity contribution >= 4 is 5.78 Å². The van der Waals surface area contributed by atoms with Gasteiger partial charge in [-0.3, -0.25) is 10.1 Å². The van der Waals surface area contributed by atoms with Crippen molar-refractivity contribution in [2.24, 2.45) is 11.8 Å². The number of carbonyl (C=O) groups is 1. The summed E-state index contributed by atoms with van der Waals surface area (Å²) in [5, 5.41) is 3.47. The highest BCUT2D eigenvalue weighted by Crippen LogP contribution is 2.47. The summed E-state index contributed by atoms with van der Waals surface area (Å²) in [6, 6.07) is 0. The lowest BCUT2D eigenvalue weighted by atomic mass is 9.94. The molecule has 0 unspecified atom stereocenters. The first-order valence-corrected chi connectivity index (χ1v) is 5.69. The van der Waals surface area contributed by atoms with Crippen LogP contribution in [0.2, 0.25) is 0 Å². The zero-order valence-electron chi connectivity index (χ0n) is 10.6. The number of carbonyl (C=O) groups excluding carboxylic acids is 1. The summed E-state index contributed by atoms with van der Waals surface area (Å²) < 4.78 is 0. The first kappa shape index (κ1) is 12.4. The number of nitrogens with one attached hydrogen (secondary N) is 1. The van der Waals surface area contributed by atoms with E-state index in [1.54, 1.807) is 0 Å². The van der Waals surface area contributed by atoms with Gasteiger partial charge in [-0.05, 0) is 27.2 Å². The third-order valence-electron chi connectivity index (χ3n) is 2.86. The van der Waals surface area contributed by atoms with Crippen LogP contribution in [0, 0.1) is 11.8 Å². The van der Waals surface area contributed by atoms with Crippen LogP contribution in [0.3, 0.4) is 0 Å². The van der Waals surface area contributed by atoms with E-state index in [0.29, 0.717) is 11.7 Å². The Balaban J connectivity index is 2.83. The monoisotopic (exact) mass is 209 g/mol. The van der Waals surface area contributed by atoms with Crippen molar-refractivity contribution in [1.29, 1.82) is 0 Å². The summed E-state index contributed by atoms with van der Waals surface area (Å²) in [5.41, 5.74) is -0.351. The van der Waals surface area contributed by atoms with Crippen LogP contribution in [0.1, 0.15) is 41.0 Å². The summed E-state index contributed by atoms with van der Waals surface area (Å²) in [7, 11) is 0. The molecule has 0 bridgehead atoms. The molecule has 2 atom stereocenters. The highest BCUT2D eigenvalue weighted by atomic mass is 16.1. The molecule has 86 valence electrons. The quantitative estimate of drug-likeness (QED) is 0.721. The zero-order chi connectivity index (χ0) is 11.9. The van der Waals surface area contributed by atoms with E-state index in [-0.39, 0.29) is 17.0 Å². The number of hydrogen-bond donors (Lipinski definition) is 1. The van der Waals surface area contributed by atoms with E-state index in [2.05, 4.69) is 32.7 Å². The van der Waals surface area contributed by atoms with E-state index in [1.807, 2.05) is 19.9 Å². The third-order valence-corrected chi connectivity index (χ3v) is 2.86. The van der Waals surface area contributed by atoms with Gasteiger partial charge in [0.25, 0.3) is 0 Å². The molecule has 0 aromatic heterocycles. The van der Waals surface area contributed by atoms with Gasteiger partial charge in [0.1, 0.15) is 0 Å². The molecule has 1 saturated carbocycles. The Morgan fingerprint density at radius 1 is 1.53 bits per heavy atom. The van der Waals surface area contributed by atoms with Gasteiger partial charge < -0.3 is 0 Å². The number of hydrogen-bond acceptors (Lipinski definition) is 2. The van der Waals surface area contributed by atoms with Gasteiger partial charge in [0, 0.05) is 17.4 Å². The summed E-state index contributed by atoms with van der Waals surface area (Å²) in [4.78, 5) is 12.2. The standard InChI is InChI=1S/C13H23NO/c1-7-10-8-13(10,11(15)9(2)3)14-12(4,5)6/h7,9-10,14H,1,8H2,2-6H3/t10-,13-/m1/s1. The topological polar surface area (TPSA) is 29.1 Å². The molecule has 0 spiro atoms. The van der Waals surface area contributed by atoms with Gasteiger partial charge >= 0.3 is 0 Å². The first-order chi connectivity index (χ1) is 6.73. The Morgan fingerprint density at radius 3 is 2.33 bits per heavy atom. The molecular weight excluding hydrogens is 186 g/mol. The Labute approximate surface area is 93.1 Å². The maximum Gasteiger partial charge on any atom is 0.156 e. The summed E-state index contributed by atoms with van der Waals surface area (Å²) in [6.07, 6.45) is 2.81. The third kappa shape index (κ3) is 2.49. The van der Waals surface area contributed by atoms with Gasteiger partial charge in [-0.25, -0.2) is 0 Å². The van der Waals surface area contributed by atoms with Gasteiger partial charge in [0.2, 0.25) is 0 Å². The maximum atomic E-state index is 12.2. The minimum Gasteiger partial charge on any atom is -0.300 e. The zero-order valence-corrected chi connectivity index (χ0v) is 10.6. The minimum atomic E-state index is -0.325. The van der Waals surface area contributed by atoms with E-state index in [0.717, 1.165) is 6.42 Å². The molecule has 1 fully saturated rings. The van der Waals surface area contributed by atoms with Gasteiger partial charge in [-0.15, -0.1) is 6.58 Å². The Bertz CT molecular complexity index is 275. The minimum absolute atomic E-state index is 0.0255. The lowest BCUT2D eigenvalue weighted by molar-refractivity contribution is -0.125. The van der Waals surface area contributed by atoms with Crippen molar-refractivity contribution in [3.63, 3.8) is 0 Å². The predicted molar refractivity (Wildman–Crippen MR) is 63.8 cm³/mol. The normalized spacial score (nSPS) is 30.4. The number of Topliss-reactive ketones (excluding diaryl/α,β-unsaturated/α-hetero) is 1. The van der Waals surface area contributed by atoms with E-state index >= 15 is 0 Å². The molecule has 1 aliphatic carbocycles. The van der Waals surface area contributed by atoms with Crippen molar-refractivity contribution in [2.45, 2.75) is 52.1 Å². The maximum absolute atomic E-state index is 12.2. The summed E-state index contributed by atoms with van der Waals surface area (Å²) in [6.45, 7) is 14.0. The van der Waals surface area contributed by atoms with E-state index < -0.39 is 0 Å². The molecule has 1 aliphatic rings. The highest BCUT2D eigenvalue weighted by molar-refractivity contribution is 5.94. The molecule has 0 aromatic carbocycles. The number of rotatable bonds is 4. The average Bonchev–Trinajstić information content (AvgIpc) is 2.75. The fourth-order valence-electron chi connectivity index (χ4n) is 2.25. The highest BCUT2D eigenvalue weighted by Gasteiger charge is 2.59. The van der Waals surface area contributed by atoms with Crippen LogP contribution in [-0.2, 0) is 4.79 Å². The molecule has 2 nitrogen and oxygen atoms in total. The van der Waals surface area contributed by atoms with E-state index in [4.69, 9.17) is 0 Å². The second-order valence-electron chi connectivity index (χ2n) is 5.91. The second-order valence-corrected chi connectivity index (χ2v) is 5.91. The lowest BCUT2D eigenvalue weighted by Gasteiger charge is -2.29. The molecule has 0 heterocycles. The van der Waals surface area contributed by atoms with Gasteiger partial charge in [-0.2, -0.15) is 0 Å². The number of ketones is 1. The SMILES string of the molecule is C=C[C@@H]1C[C@]1(NC(C)(C)C)C(=O)C(C)C. The molecule has 0 amide bonds. The molecule has 0 saturated heterocycles. The second kappa shape index (κ2) is 3.75. The van der Waals surface area contributed by atoms with Crippen molar-refractivity contribution < 1.29 is 4.79 Å². The Kier molecular flexibility index (Phi) is 3.11. The first-order valence-electron chi connectivity index (χ1n) is 5.69. The van der Waals surface area contributed by atoms with E-state index in [9.17, 15) is 4.79 Å². The van der Waals surface area contributed by atoms with Crippen LogP contribution in [0.5, 0.6) is 0 Å². The van der Waals surface area contributed by atoms with Crippen molar-refractivity contribution in [3.8, 4) is 0 Å². The summed E-state index contributed by atoms with van der Waals surface area (Å²) >= 11 is 0. The Morgan fingerprint density at radius 2 is 2.07 bits per heavy atom. The molecule has 0 radical (unpaired) electrons. The fraction of sp³-hybridized carbons (Fsp3) is 0.769. The fourth-order valence-corrected chi connectivity index (χ4v) is 2.25. The van der Waals surface area contributed by atoms with Crippen LogP contribution in [0.15, 0.2) is 12.7 Å². The molecule has 15 heavy (non-hydrogen) atoms. The molecule has 1 N–H and O–H groups in total. The van der Waals surface area contributed by atoms with Crippen molar-refractivity contribution in [2.75, 3.05) is 0 Å². The van der Waals surface area contributed by atoms with Crippen molar-refractivity contribution in [1.82, 2.24) is 5.32 Å². The molecular formula is C13H23NO. The lowest BCUT2D eigenvalue weighted by Crippen LogP contribution is -2.52. The van der Waals surface area contributed by atoms with Gasteiger partial charge in [0.05, 0.1) is 5.54 Å². The largest absolute Gasteiger partial charge is 0.300 e. The molecule has 1 rings (SSSR count). The molecule has 0 aliphatic heterocycles. The van der Waals surface area contributed by atoms with Crippen LogP contribution >= 0.6 is 0 Å². The molecule has 2 heteroatoms.